The normalized spacial score (nSPS) is 15.0. The van der Waals surface area contributed by atoms with Crippen LogP contribution in [0.4, 0.5) is 14.5 Å². The summed E-state index contributed by atoms with van der Waals surface area (Å²) in [6, 6.07) is 20.4. The average Bonchev–Trinajstić information content (AvgIpc) is 3.63. The van der Waals surface area contributed by atoms with Crippen molar-refractivity contribution < 1.29 is 46.8 Å². The average molecular weight is 699 g/mol. The number of halogens is 2. The zero-order valence-electron chi connectivity index (χ0n) is 28.6. The standard InChI is InChI=1S/C39H36F2N2O8/c1-38(2,3)37(46)50-23-49-32-17-11-26(21-33(32)47-4)39(19-6-20-42-39)36(45)43-29-16-18-31(30(22-29)35(44)48-5)51-34(24-7-12-27(40)13-8-24)25-9-14-28(41)15-10-25/h6-22,34H,23H2,1-5H3,(H,43,45). The molecule has 0 spiro atoms. The number of carbonyl (C=O) groups excluding carboxylic acids is 3. The van der Waals surface area contributed by atoms with E-state index in [1.54, 1.807) is 57.2 Å². The number of nitrogens with zero attached hydrogens (tertiary/aromatic N) is 1. The van der Waals surface area contributed by atoms with Crippen LogP contribution >= 0.6 is 0 Å². The van der Waals surface area contributed by atoms with Crippen LogP contribution in [-0.4, -0.2) is 45.1 Å². The monoisotopic (exact) mass is 698 g/mol. The van der Waals surface area contributed by atoms with E-state index in [-0.39, 0.29) is 35.3 Å². The lowest BCUT2D eigenvalue weighted by Crippen LogP contribution is -2.36. The maximum absolute atomic E-state index is 14.0. The minimum atomic E-state index is -1.51. The fourth-order valence-corrected chi connectivity index (χ4v) is 5.15. The molecule has 1 aliphatic heterocycles. The van der Waals surface area contributed by atoms with Gasteiger partial charge in [-0.25, -0.2) is 13.6 Å². The number of esters is 2. The Hall–Kier alpha value is -6.04. The van der Waals surface area contributed by atoms with Gasteiger partial charge in [0, 0.05) is 11.9 Å². The molecule has 264 valence electrons. The number of hydrogen-bond acceptors (Lipinski definition) is 9. The summed E-state index contributed by atoms with van der Waals surface area (Å²) in [5.74, 6) is -1.99. The quantitative estimate of drug-likeness (QED) is 0.121. The highest BCUT2D eigenvalue weighted by Gasteiger charge is 2.40. The highest BCUT2D eigenvalue weighted by molar-refractivity contribution is 6.04. The molecule has 1 heterocycles. The molecule has 0 saturated heterocycles. The van der Waals surface area contributed by atoms with Crippen LogP contribution in [0.2, 0.25) is 0 Å². The van der Waals surface area contributed by atoms with Gasteiger partial charge < -0.3 is 29.0 Å². The van der Waals surface area contributed by atoms with E-state index in [4.69, 9.17) is 23.7 Å². The predicted octanol–water partition coefficient (Wildman–Crippen LogP) is 7.33. The highest BCUT2D eigenvalue weighted by Crippen LogP contribution is 2.39. The number of anilines is 1. The molecule has 0 saturated carbocycles. The first kappa shape index (κ1) is 36.2. The molecule has 0 fully saturated rings. The van der Waals surface area contributed by atoms with E-state index in [2.05, 4.69) is 10.3 Å². The fraction of sp³-hybridized carbons (Fsp3) is 0.231. The van der Waals surface area contributed by atoms with Crippen LogP contribution in [0.5, 0.6) is 17.2 Å². The van der Waals surface area contributed by atoms with Gasteiger partial charge in [0.05, 0.1) is 19.6 Å². The summed E-state index contributed by atoms with van der Waals surface area (Å²) in [4.78, 5) is 43.6. The molecule has 1 amide bonds. The largest absolute Gasteiger partial charge is 0.493 e. The first-order valence-corrected chi connectivity index (χ1v) is 15.8. The molecule has 1 N–H and O–H groups in total. The van der Waals surface area contributed by atoms with Gasteiger partial charge in [0.2, 0.25) is 6.79 Å². The topological polar surface area (TPSA) is 122 Å². The zero-order chi connectivity index (χ0) is 36.8. The van der Waals surface area contributed by atoms with Gasteiger partial charge >= 0.3 is 11.9 Å². The van der Waals surface area contributed by atoms with Crippen LogP contribution in [0.3, 0.4) is 0 Å². The number of benzene rings is 4. The van der Waals surface area contributed by atoms with Crippen molar-refractivity contribution in [2.45, 2.75) is 32.4 Å². The van der Waals surface area contributed by atoms with E-state index in [1.165, 1.54) is 81.1 Å². The summed E-state index contributed by atoms with van der Waals surface area (Å²) in [6.45, 7) is 4.84. The maximum atomic E-state index is 14.0. The van der Waals surface area contributed by atoms with Gasteiger partial charge in [-0.15, -0.1) is 0 Å². The van der Waals surface area contributed by atoms with Crippen molar-refractivity contribution in [2.24, 2.45) is 10.4 Å². The number of nitrogens with one attached hydrogen (secondary N) is 1. The summed E-state index contributed by atoms with van der Waals surface area (Å²) >= 11 is 0. The molecule has 1 aliphatic rings. The van der Waals surface area contributed by atoms with Gasteiger partial charge in [0.1, 0.15) is 29.1 Å². The van der Waals surface area contributed by atoms with Crippen LogP contribution in [0.25, 0.3) is 0 Å². The van der Waals surface area contributed by atoms with Crippen molar-refractivity contribution in [1.29, 1.82) is 0 Å². The minimum Gasteiger partial charge on any atom is -0.493 e. The molecule has 0 aliphatic carbocycles. The van der Waals surface area contributed by atoms with Gasteiger partial charge in [0.15, 0.2) is 17.0 Å². The Morgan fingerprint density at radius 2 is 1.45 bits per heavy atom. The van der Waals surface area contributed by atoms with Crippen molar-refractivity contribution in [3.63, 3.8) is 0 Å². The van der Waals surface area contributed by atoms with Crippen molar-refractivity contribution in [3.05, 3.63) is 131 Å². The van der Waals surface area contributed by atoms with Gasteiger partial charge in [-0.1, -0.05) is 30.3 Å². The Balaban J connectivity index is 1.41. The van der Waals surface area contributed by atoms with Gasteiger partial charge in [-0.2, -0.15) is 0 Å². The van der Waals surface area contributed by atoms with Crippen LogP contribution in [-0.2, 0) is 24.6 Å². The van der Waals surface area contributed by atoms with Crippen LogP contribution in [0.15, 0.2) is 102 Å². The highest BCUT2D eigenvalue weighted by atomic mass is 19.1. The van der Waals surface area contributed by atoms with Gasteiger partial charge in [0.25, 0.3) is 5.91 Å². The third kappa shape index (κ3) is 8.23. The summed E-state index contributed by atoms with van der Waals surface area (Å²) in [7, 11) is 2.64. The van der Waals surface area contributed by atoms with E-state index < -0.39 is 46.5 Å². The van der Waals surface area contributed by atoms with Crippen LogP contribution in [0, 0.1) is 17.0 Å². The molecule has 12 heteroatoms. The van der Waals surface area contributed by atoms with Gasteiger partial charge in [-0.05, 0) is 104 Å². The van der Waals surface area contributed by atoms with E-state index in [0.29, 0.717) is 16.7 Å². The number of hydrogen-bond donors (Lipinski definition) is 1. The number of aliphatic imine (C=N–C) groups is 1. The summed E-state index contributed by atoms with van der Waals surface area (Å²) in [5, 5.41) is 2.83. The molecular weight excluding hydrogens is 662 g/mol. The first-order chi connectivity index (χ1) is 24.3. The van der Waals surface area contributed by atoms with Crippen molar-refractivity contribution in [3.8, 4) is 17.2 Å². The number of carbonyl (C=O) groups is 3. The van der Waals surface area contributed by atoms with Gasteiger partial charge in [-0.3, -0.25) is 14.6 Å². The molecule has 1 atom stereocenters. The molecule has 0 aromatic heterocycles. The molecule has 10 nitrogen and oxygen atoms in total. The van der Waals surface area contributed by atoms with E-state index in [1.807, 2.05) is 0 Å². The third-order valence-corrected chi connectivity index (χ3v) is 7.90. The second kappa shape index (κ2) is 15.2. The maximum Gasteiger partial charge on any atom is 0.341 e. The lowest BCUT2D eigenvalue weighted by molar-refractivity contribution is -0.159. The van der Waals surface area contributed by atoms with Crippen LogP contribution < -0.4 is 19.5 Å². The third-order valence-electron chi connectivity index (χ3n) is 7.90. The molecule has 51 heavy (non-hydrogen) atoms. The first-order valence-electron chi connectivity index (χ1n) is 15.8. The second-order valence-corrected chi connectivity index (χ2v) is 12.5. The van der Waals surface area contributed by atoms with Crippen LogP contribution in [0.1, 0.15) is 53.9 Å². The Bertz CT molecular complexity index is 1910. The Morgan fingerprint density at radius 1 is 0.824 bits per heavy atom. The lowest BCUT2D eigenvalue weighted by atomic mass is 9.89. The number of methoxy groups -OCH3 is 2. The summed E-state index contributed by atoms with van der Waals surface area (Å²) in [5.41, 5.74) is -0.471. The Kier molecular flexibility index (Phi) is 10.8. The van der Waals surface area contributed by atoms with E-state index in [0.717, 1.165) is 0 Å². The SMILES string of the molecule is COC(=O)c1cc(NC(=O)C2(c3ccc(OCOC(=O)C(C)(C)C)c(OC)c3)C=CC=N2)ccc1OC(c1ccc(F)cc1)c1ccc(F)cc1. The summed E-state index contributed by atoms with van der Waals surface area (Å²) < 4.78 is 55.2. The smallest absolute Gasteiger partial charge is 0.341 e. The number of rotatable bonds is 12. The Morgan fingerprint density at radius 3 is 2.00 bits per heavy atom. The van der Waals surface area contributed by atoms with Crippen molar-refractivity contribution in [1.82, 2.24) is 0 Å². The molecular formula is C39H36F2N2O8. The zero-order valence-corrected chi connectivity index (χ0v) is 28.6. The van der Waals surface area contributed by atoms with Crippen molar-refractivity contribution >= 4 is 29.7 Å². The minimum absolute atomic E-state index is 0.0145. The Labute approximate surface area is 293 Å². The lowest BCUT2D eigenvalue weighted by Gasteiger charge is -2.25. The fourth-order valence-electron chi connectivity index (χ4n) is 5.15. The second-order valence-electron chi connectivity index (χ2n) is 12.5. The summed E-state index contributed by atoms with van der Waals surface area (Å²) in [6.07, 6.45) is 3.87. The molecule has 5 rings (SSSR count). The number of amides is 1. The number of ether oxygens (including phenoxy) is 5. The molecule has 1 unspecified atom stereocenters. The molecule has 0 radical (unpaired) electrons. The predicted molar refractivity (Wildman–Crippen MR) is 185 cm³/mol. The molecule has 0 bridgehead atoms. The van der Waals surface area contributed by atoms with E-state index >= 15 is 0 Å². The molecule has 4 aromatic rings. The van der Waals surface area contributed by atoms with E-state index in [9.17, 15) is 23.2 Å². The number of allylic oxidation sites excluding steroid dienone is 1. The molecule has 4 aromatic carbocycles. The van der Waals surface area contributed by atoms with Crippen molar-refractivity contribution in [2.75, 3.05) is 26.3 Å².